The molecule has 0 spiro atoms. The Labute approximate surface area is 190 Å². The second kappa shape index (κ2) is 9.08. The van der Waals surface area contributed by atoms with Gasteiger partial charge in [-0.2, -0.15) is 17.5 Å². The molecule has 1 heterocycles. The predicted octanol–water partition coefficient (Wildman–Crippen LogP) is 3.05. The summed E-state index contributed by atoms with van der Waals surface area (Å²) in [5.74, 6) is -1.52. The molecule has 1 saturated heterocycles. The summed E-state index contributed by atoms with van der Waals surface area (Å²) in [5.41, 5.74) is 1.51. The van der Waals surface area contributed by atoms with Crippen LogP contribution < -0.4 is 0 Å². The molecular weight excluding hydrogens is 457 g/mol. The van der Waals surface area contributed by atoms with Gasteiger partial charge in [0.25, 0.3) is 0 Å². The third-order valence-electron chi connectivity index (χ3n) is 6.44. The van der Waals surface area contributed by atoms with Gasteiger partial charge in [0.1, 0.15) is 0 Å². The number of hydrogen-bond acceptors (Lipinski definition) is 4. The van der Waals surface area contributed by atoms with Crippen molar-refractivity contribution < 1.29 is 31.5 Å². The summed E-state index contributed by atoms with van der Waals surface area (Å²) in [6.07, 6.45) is -3.22. The summed E-state index contributed by atoms with van der Waals surface area (Å²) in [7, 11) is -3.74. The molecule has 178 valence electrons. The van der Waals surface area contributed by atoms with Crippen molar-refractivity contribution >= 4 is 16.0 Å². The quantitative estimate of drug-likeness (QED) is 0.685. The lowest BCUT2D eigenvalue weighted by Crippen LogP contribution is -2.49. The molecule has 0 bridgehead atoms. The number of sulfonamides is 1. The molecule has 2 aliphatic rings. The molecule has 0 aromatic heterocycles. The van der Waals surface area contributed by atoms with Crippen molar-refractivity contribution in [3.05, 3.63) is 64.7 Å². The fourth-order valence-electron chi connectivity index (χ4n) is 4.51. The minimum absolute atomic E-state index is 0.196. The number of piperazine rings is 1. The number of benzene rings is 2. The molecule has 6 nitrogen and oxygen atoms in total. The van der Waals surface area contributed by atoms with Crippen molar-refractivity contribution in [1.29, 1.82) is 0 Å². The minimum atomic E-state index is -4.35. The molecule has 0 amide bonds. The van der Waals surface area contributed by atoms with Crippen molar-refractivity contribution in [1.82, 2.24) is 9.21 Å². The summed E-state index contributed by atoms with van der Waals surface area (Å²) >= 11 is 0. The first-order valence-electron chi connectivity index (χ1n) is 10.8. The molecule has 4 rings (SSSR count). The van der Waals surface area contributed by atoms with Gasteiger partial charge in [0.15, 0.2) is 0 Å². The Morgan fingerprint density at radius 2 is 1.67 bits per heavy atom. The van der Waals surface area contributed by atoms with Gasteiger partial charge < -0.3 is 10.0 Å². The second-order valence-corrected chi connectivity index (χ2v) is 10.4. The van der Waals surface area contributed by atoms with E-state index < -0.39 is 33.7 Å². The highest BCUT2D eigenvalue weighted by Crippen LogP contribution is 2.34. The zero-order valence-electron chi connectivity index (χ0n) is 17.9. The van der Waals surface area contributed by atoms with Gasteiger partial charge in [-0.3, -0.25) is 4.79 Å². The molecule has 2 aromatic rings. The van der Waals surface area contributed by atoms with Crippen LogP contribution in [0.25, 0.3) is 0 Å². The molecule has 1 fully saturated rings. The summed E-state index contributed by atoms with van der Waals surface area (Å²) in [6.45, 7) is 2.28. The molecule has 10 heteroatoms. The Morgan fingerprint density at radius 1 is 1.00 bits per heavy atom. The molecule has 2 aromatic carbocycles. The van der Waals surface area contributed by atoms with Gasteiger partial charge in [-0.25, -0.2) is 8.42 Å². The second-order valence-electron chi connectivity index (χ2n) is 8.53. The van der Waals surface area contributed by atoms with E-state index in [4.69, 9.17) is 0 Å². The Kier molecular flexibility index (Phi) is 6.52. The van der Waals surface area contributed by atoms with Crippen LogP contribution in [0.2, 0.25) is 0 Å². The van der Waals surface area contributed by atoms with Gasteiger partial charge in [0.05, 0.1) is 16.4 Å². The first-order chi connectivity index (χ1) is 15.6. The molecular formula is C23H25F3N2O4S. The average molecular weight is 483 g/mol. The highest BCUT2D eigenvalue weighted by Gasteiger charge is 2.35. The maximum atomic E-state index is 13.3. The number of hydrogen-bond donors (Lipinski definition) is 1. The van der Waals surface area contributed by atoms with Crippen molar-refractivity contribution in [2.45, 2.75) is 30.3 Å². The van der Waals surface area contributed by atoms with Crippen LogP contribution in [-0.4, -0.2) is 61.4 Å². The van der Waals surface area contributed by atoms with E-state index in [1.807, 2.05) is 0 Å². The van der Waals surface area contributed by atoms with Gasteiger partial charge in [-0.05, 0) is 54.2 Å². The average Bonchev–Trinajstić information content (AvgIpc) is 3.22. The summed E-state index contributed by atoms with van der Waals surface area (Å²) < 4.78 is 66.1. The Hall–Kier alpha value is -2.43. The van der Waals surface area contributed by atoms with Crippen LogP contribution in [-0.2, 0) is 40.3 Å². The third kappa shape index (κ3) is 5.07. The van der Waals surface area contributed by atoms with E-state index in [1.165, 1.54) is 16.4 Å². The largest absolute Gasteiger partial charge is 0.481 e. The third-order valence-corrected chi connectivity index (χ3v) is 8.43. The first-order valence-corrected chi connectivity index (χ1v) is 12.2. The maximum absolute atomic E-state index is 13.3. The standard InChI is InChI=1S/C23H25F3N2O4S/c24-23(25,26)19-6-4-16(5-7-19)8-9-27-10-12-28(13-11-27)33(31,32)21-3-1-2-17-14-18(22(29)30)15-20(17)21/h1-7,18H,8-15H2,(H,29,30). The Balaban J connectivity index is 1.36. The number of carboxylic acids is 1. The number of halogens is 3. The lowest BCUT2D eigenvalue weighted by atomic mass is 10.1. The minimum Gasteiger partial charge on any atom is -0.481 e. The van der Waals surface area contributed by atoms with Crippen LogP contribution in [0.1, 0.15) is 22.3 Å². The molecule has 0 saturated carbocycles. The Morgan fingerprint density at radius 3 is 2.27 bits per heavy atom. The number of carbonyl (C=O) groups is 1. The van der Waals surface area contributed by atoms with Crippen molar-refractivity contribution in [2.75, 3.05) is 32.7 Å². The number of carboxylic acid groups (broad SMARTS) is 1. The molecule has 1 atom stereocenters. The van der Waals surface area contributed by atoms with Gasteiger partial charge >= 0.3 is 12.1 Å². The molecule has 1 N–H and O–H groups in total. The van der Waals surface area contributed by atoms with E-state index in [0.717, 1.165) is 23.3 Å². The number of fused-ring (bicyclic) bond motifs is 1. The summed E-state index contributed by atoms with van der Waals surface area (Å²) in [5, 5.41) is 9.32. The van der Waals surface area contributed by atoms with Crippen LogP contribution in [0.5, 0.6) is 0 Å². The van der Waals surface area contributed by atoms with Gasteiger partial charge in [0, 0.05) is 32.7 Å². The number of alkyl halides is 3. The van der Waals surface area contributed by atoms with Crippen molar-refractivity contribution in [2.24, 2.45) is 5.92 Å². The van der Waals surface area contributed by atoms with Crippen LogP contribution in [0.4, 0.5) is 13.2 Å². The van der Waals surface area contributed by atoms with E-state index in [-0.39, 0.29) is 11.3 Å². The SMILES string of the molecule is O=C(O)C1Cc2cccc(S(=O)(=O)N3CCN(CCc4ccc(C(F)(F)F)cc4)CC3)c2C1. The first kappa shape index (κ1) is 23.7. The topological polar surface area (TPSA) is 77.9 Å². The van der Waals surface area contributed by atoms with E-state index in [2.05, 4.69) is 4.90 Å². The molecule has 1 unspecified atom stereocenters. The van der Waals surface area contributed by atoms with Gasteiger partial charge in [-0.15, -0.1) is 0 Å². The Bertz CT molecular complexity index is 1130. The molecule has 1 aliphatic heterocycles. The fraction of sp³-hybridized carbons (Fsp3) is 0.435. The zero-order chi connectivity index (χ0) is 23.8. The van der Waals surface area contributed by atoms with Gasteiger partial charge in [-0.1, -0.05) is 24.3 Å². The summed E-state index contributed by atoms with van der Waals surface area (Å²) in [6, 6.07) is 10.1. The van der Waals surface area contributed by atoms with Crippen LogP contribution in [0.15, 0.2) is 47.4 Å². The maximum Gasteiger partial charge on any atom is 0.416 e. The zero-order valence-corrected chi connectivity index (χ0v) is 18.7. The number of nitrogens with zero attached hydrogens (tertiary/aromatic N) is 2. The number of aliphatic carboxylic acids is 1. The highest BCUT2D eigenvalue weighted by atomic mass is 32.2. The lowest BCUT2D eigenvalue weighted by Gasteiger charge is -2.34. The lowest BCUT2D eigenvalue weighted by molar-refractivity contribution is -0.141. The van der Waals surface area contributed by atoms with Crippen molar-refractivity contribution in [3.8, 4) is 0 Å². The molecule has 33 heavy (non-hydrogen) atoms. The highest BCUT2D eigenvalue weighted by molar-refractivity contribution is 7.89. The normalized spacial score (nSPS) is 20.0. The smallest absolute Gasteiger partial charge is 0.416 e. The van der Waals surface area contributed by atoms with E-state index >= 15 is 0 Å². The van der Waals surface area contributed by atoms with Crippen LogP contribution in [0.3, 0.4) is 0 Å². The van der Waals surface area contributed by atoms with Gasteiger partial charge in [0.2, 0.25) is 10.0 Å². The van der Waals surface area contributed by atoms with Crippen molar-refractivity contribution in [3.63, 3.8) is 0 Å². The summed E-state index contributed by atoms with van der Waals surface area (Å²) in [4.78, 5) is 13.7. The number of rotatable bonds is 6. The van der Waals surface area contributed by atoms with Crippen LogP contribution >= 0.6 is 0 Å². The van der Waals surface area contributed by atoms with Crippen LogP contribution in [0, 0.1) is 5.92 Å². The molecule has 1 aliphatic carbocycles. The van der Waals surface area contributed by atoms with E-state index in [9.17, 15) is 31.5 Å². The van der Waals surface area contributed by atoms with E-state index in [1.54, 1.807) is 18.2 Å². The molecule has 0 radical (unpaired) electrons. The predicted molar refractivity (Wildman–Crippen MR) is 115 cm³/mol. The van der Waals surface area contributed by atoms with E-state index in [0.29, 0.717) is 51.1 Å². The monoisotopic (exact) mass is 482 g/mol. The fourth-order valence-corrected chi connectivity index (χ4v) is 6.21.